The number of hydrogen-bond donors (Lipinski definition) is 1. The number of amides is 1. The summed E-state index contributed by atoms with van der Waals surface area (Å²) in [5.74, 6) is 5.31. The van der Waals surface area contributed by atoms with Crippen molar-refractivity contribution in [2.24, 2.45) is 0 Å². The van der Waals surface area contributed by atoms with Gasteiger partial charge in [0.1, 0.15) is 6.61 Å². The molecule has 0 atom stereocenters. The van der Waals surface area contributed by atoms with Crippen molar-refractivity contribution in [2.75, 3.05) is 33.4 Å². The fraction of sp³-hybridized carbons (Fsp3) is 0.438. The highest BCUT2D eigenvalue weighted by Crippen LogP contribution is 2.13. The van der Waals surface area contributed by atoms with Crippen molar-refractivity contribution < 1.29 is 14.6 Å². The van der Waals surface area contributed by atoms with E-state index in [1.807, 2.05) is 32.0 Å². The maximum absolute atomic E-state index is 12.4. The fourth-order valence-corrected chi connectivity index (χ4v) is 1.73. The largest absolute Gasteiger partial charge is 0.384 e. The predicted molar refractivity (Wildman–Crippen MR) is 78.6 cm³/mol. The van der Waals surface area contributed by atoms with Gasteiger partial charge >= 0.3 is 0 Å². The van der Waals surface area contributed by atoms with Crippen LogP contribution in [0, 0.1) is 18.8 Å². The fourth-order valence-electron chi connectivity index (χ4n) is 1.73. The summed E-state index contributed by atoms with van der Waals surface area (Å²) in [5.41, 5.74) is 2.20. The predicted octanol–water partition coefficient (Wildman–Crippen LogP) is 1.45. The van der Waals surface area contributed by atoms with Crippen LogP contribution in [0.1, 0.15) is 28.4 Å². The second-order valence-corrected chi connectivity index (χ2v) is 4.43. The van der Waals surface area contributed by atoms with E-state index in [9.17, 15) is 4.79 Å². The third-order valence-electron chi connectivity index (χ3n) is 2.83. The van der Waals surface area contributed by atoms with Crippen LogP contribution in [0.25, 0.3) is 0 Å². The standard InChI is InChI=1S/C16H21NO3/c1-4-20-11-9-17(3)16(19)15-12-13(2)7-8-14(15)6-5-10-18/h7-8,12,18H,4,9-11H2,1-3H3. The number of ether oxygens (including phenoxy) is 1. The molecule has 4 nitrogen and oxygen atoms in total. The first kappa shape index (κ1) is 16.2. The maximum atomic E-state index is 12.4. The number of carbonyl (C=O) groups excluding carboxylic acids is 1. The molecule has 108 valence electrons. The number of likely N-dealkylation sites (N-methyl/N-ethyl adjacent to an activating group) is 1. The van der Waals surface area contributed by atoms with Gasteiger partial charge in [0.2, 0.25) is 0 Å². The van der Waals surface area contributed by atoms with E-state index in [0.29, 0.717) is 30.9 Å². The normalized spacial score (nSPS) is 9.80. The minimum Gasteiger partial charge on any atom is -0.384 e. The van der Waals surface area contributed by atoms with Crippen molar-refractivity contribution in [2.45, 2.75) is 13.8 Å². The Labute approximate surface area is 120 Å². The Hall–Kier alpha value is -1.83. The van der Waals surface area contributed by atoms with Crippen LogP contribution in [0.5, 0.6) is 0 Å². The first-order chi connectivity index (χ1) is 9.60. The van der Waals surface area contributed by atoms with Gasteiger partial charge in [0.25, 0.3) is 5.91 Å². The van der Waals surface area contributed by atoms with E-state index in [2.05, 4.69) is 11.8 Å². The van der Waals surface area contributed by atoms with Gasteiger partial charge < -0.3 is 14.7 Å². The van der Waals surface area contributed by atoms with Gasteiger partial charge in [-0.15, -0.1) is 0 Å². The SMILES string of the molecule is CCOCCN(C)C(=O)c1cc(C)ccc1C#CCO. The number of aliphatic hydroxyl groups is 1. The Balaban J connectivity index is 2.92. The second-order valence-electron chi connectivity index (χ2n) is 4.43. The van der Waals surface area contributed by atoms with E-state index in [1.54, 1.807) is 11.9 Å². The number of hydrogen-bond acceptors (Lipinski definition) is 3. The molecule has 0 unspecified atom stereocenters. The molecular weight excluding hydrogens is 254 g/mol. The van der Waals surface area contributed by atoms with Crippen molar-refractivity contribution in [1.82, 2.24) is 4.90 Å². The summed E-state index contributed by atoms with van der Waals surface area (Å²) in [6, 6.07) is 5.53. The van der Waals surface area contributed by atoms with Crippen LogP contribution in [-0.2, 0) is 4.74 Å². The molecule has 0 aliphatic carbocycles. The average Bonchev–Trinajstić information content (AvgIpc) is 2.45. The van der Waals surface area contributed by atoms with Crippen molar-refractivity contribution in [3.63, 3.8) is 0 Å². The van der Waals surface area contributed by atoms with Gasteiger partial charge in [0.05, 0.1) is 12.2 Å². The second kappa shape index (κ2) is 8.36. The molecule has 0 fully saturated rings. The Bertz CT molecular complexity index is 514. The molecule has 1 rings (SSSR count). The highest BCUT2D eigenvalue weighted by molar-refractivity contribution is 5.96. The Kier molecular flexibility index (Phi) is 6.78. The number of aryl methyl sites for hydroxylation is 1. The summed E-state index contributed by atoms with van der Waals surface area (Å²) in [5, 5.41) is 8.78. The van der Waals surface area contributed by atoms with Crippen LogP contribution in [-0.4, -0.2) is 49.3 Å². The van der Waals surface area contributed by atoms with E-state index in [0.717, 1.165) is 5.56 Å². The highest BCUT2D eigenvalue weighted by atomic mass is 16.5. The molecule has 0 aliphatic rings. The zero-order chi connectivity index (χ0) is 15.0. The summed E-state index contributed by atoms with van der Waals surface area (Å²) >= 11 is 0. The zero-order valence-electron chi connectivity index (χ0n) is 12.3. The molecule has 1 aromatic carbocycles. The lowest BCUT2D eigenvalue weighted by molar-refractivity contribution is 0.0709. The van der Waals surface area contributed by atoms with Crippen LogP contribution in [0.15, 0.2) is 18.2 Å². The van der Waals surface area contributed by atoms with Crippen molar-refractivity contribution in [1.29, 1.82) is 0 Å². The van der Waals surface area contributed by atoms with Crippen LogP contribution in [0.2, 0.25) is 0 Å². The number of rotatable bonds is 5. The summed E-state index contributed by atoms with van der Waals surface area (Å²) < 4.78 is 5.25. The molecule has 1 N–H and O–H groups in total. The topological polar surface area (TPSA) is 49.8 Å². The van der Waals surface area contributed by atoms with Gasteiger partial charge in [-0.3, -0.25) is 4.79 Å². The van der Waals surface area contributed by atoms with Crippen LogP contribution < -0.4 is 0 Å². The molecule has 4 heteroatoms. The van der Waals surface area contributed by atoms with E-state index >= 15 is 0 Å². The lowest BCUT2D eigenvalue weighted by Gasteiger charge is -2.18. The van der Waals surface area contributed by atoms with Crippen molar-refractivity contribution >= 4 is 5.91 Å². The molecule has 1 aromatic rings. The molecule has 20 heavy (non-hydrogen) atoms. The molecule has 1 amide bonds. The third kappa shape index (κ3) is 4.69. The minimum absolute atomic E-state index is 0.0874. The summed E-state index contributed by atoms with van der Waals surface area (Å²) in [4.78, 5) is 14.0. The van der Waals surface area contributed by atoms with Crippen LogP contribution in [0.3, 0.4) is 0 Å². The molecule has 0 aromatic heterocycles. The van der Waals surface area contributed by atoms with Gasteiger partial charge in [0.15, 0.2) is 0 Å². The van der Waals surface area contributed by atoms with Crippen molar-refractivity contribution in [3.8, 4) is 11.8 Å². The average molecular weight is 275 g/mol. The molecule has 0 saturated carbocycles. The van der Waals surface area contributed by atoms with Crippen LogP contribution in [0.4, 0.5) is 0 Å². The van der Waals surface area contributed by atoms with E-state index < -0.39 is 0 Å². The Morgan fingerprint density at radius 3 is 2.85 bits per heavy atom. The first-order valence-corrected chi connectivity index (χ1v) is 6.63. The first-order valence-electron chi connectivity index (χ1n) is 6.63. The van der Waals surface area contributed by atoms with Gasteiger partial charge in [-0.25, -0.2) is 0 Å². The van der Waals surface area contributed by atoms with Gasteiger partial charge in [-0.1, -0.05) is 23.5 Å². The molecule has 0 radical (unpaired) electrons. The van der Waals surface area contributed by atoms with Gasteiger partial charge in [0, 0.05) is 25.8 Å². The summed E-state index contributed by atoms with van der Waals surface area (Å²) in [6.07, 6.45) is 0. The molecule has 0 heterocycles. The molecule has 0 saturated heterocycles. The quantitative estimate of drug-likeness (QED) is 0.653. The molecule has 0 spiro atoms. The number of carbonyl (C=O) groups is 1. The lowest BCUT2D eigenvalue weighted by Crippen LogP contribution is -2.30. The third-order valence-corrected chi connectivity index (χ3v) is 2.83. The lowest BCUT2D eigenvalue weighted by atomic mass is 10.0. The maximum Gasteiger partial charge on any atom is 0.254 e. The Morgan fingerprint density at radius 1 is 1.45 bits per heavy atom. The van der Waals surface area contributed by atoms with Gasteiger partial charge in [-0.2, -0.15) is 0 Å². The number of benzene rings is 1. The van der Waals surface area contributed by atoms with Crippen molar-refractivity contribution in [3.05, 3.63) is 34.9 Å². The molecule has 0 bridgehead atoms. The highest BCUT2D eigenvalue weighted by Gasteiger charge is 2.15. The van der Waals surface area contributed by atoms with Gasteiger partial charge in [-0.05, 0) is 26.0 Å². The number of nitrogens with zero attached hydrogens (tertiary/aromatic N) is 1. The Morgan fingerprint density at radius 2 is 2.20 bits per heavy atom. The monoisotopic (exact) mass is 275 g/mol. The minimum atomic E-state index is -0.221. The van der Waals surface area contributed by atoms with E-state index in [4.69, 9.17) is 9.84 Å². The zero-order valence-corrected chi connectivity index (χ0v) is 12.3. The summed E-state index contributed by atoms with van der Waals surface area (Å²) in [7, 11) is 1.74. The number of aliphatic hydroxyl groups excluding tert-OH is 1. The van der Waals surface area contributed by atoms with E-state index in [1.165, 1.54) is 0 Å². The summed E-state index contributed by atoms with van der Waals surface area (Å²) in [6.45, 7) is 5.32. The van der Waals surface area contributed by atoms with E-state index in [-0.39, 0.29) is 12.5 Å². The molecule has 0 aliphatic heterocycles. The molecular formula is C16H21NO3. The smallest absolute Gasteiger partial charge is 0.254 e. The van der Waals surface area contributed by atoms with Crippen LogP contribution >= 0.6 is 0 Å².